The van der Waals surface area contributed by atoms with Gasteiger partial charge in [-0.2, -0.15) is 24.9 Å². The molecule has 2 N–H and O–H groups in total. The maximum Gasteiger partial charge on any atom is 0.471 e. The molecule has 0 bridgehead atoms. The molecule has 0 spiro atoms. The summed E-state index contributed by atoms with van der Waals surface area (Å²) in [5.41, 5.74) is 0.995. The lowest BCUT2D eigenvalue weighted by molar-refractivity contribution is -0.167. The first-order valence-corrected chi connectivity index (χ1v) is 7.80. The Morgan fingerprint density at radius 3 is 2.67 bits per heavy atom. The average molecular weight is 318 g/mol. The molecule has 2 rings (SSSR count). The van der Waals surface area contributed by atoms with E-state index in [9.17, 15) is 18.0 Å². The van der Waals surface area contributed by atoms with Crippen LogP contribution in [-0.4, -0.2) is 29.6 Å². The van der Waals surface area contributed by atoms with Gasteiger partial charge < -0.3 is 10.6 Å². The molecule has 21 heavy (non-hydrogen) atoms. The second-order valence-electron chi connectivity index (χ2n) is 5.14. The number of amides is 1. The number of nitrogens with one attached hydrogen (secondary N) is 2. The zero-order chi connectivity index (χ0) is 15.5. The van der Waals surface area contributed by atoms with Crippen molar-refractivity contribution in [3.63, 3.8) is 0 Å². The minimum absolute atomic E-state index is 0.155. The van der Waals surface area contributed by atoms with Crippen molar-refractivity contribution < 1.29 is 18.0 Å². The highest BCUT2D eigenvalue weighted by molar-refractivity contribution is 8.00. The van der Waals surface area contributed by atoms with E-state index < -0.39 is 12.1 Å². The number of alkyl halides is 3. The van der Waals surface area contributed by atoms with E-state index in [4.69, 9.17) is 0 Å². The molecule has 0 atom stereocenters. The topological polar surface area (TPSA) is 41.1 Å². The molecule has 1 amide bonds. The minimum Gasteiger partial charge on any atom is -0.318 e. The predicted molar refractivity (Wildman–Crippen MR) is 78.3 cm³/mol. The van der Waals surface area contributed by atoms with Crippen molar-refractivity contribution in [2.24, 2.45) is 0 Å². The van der Waals surface area contributed by atoms with Gasteiger partial charge in [-0.05, 0) is 36.8 Å². The van der Waals surface area contributed by atoms with E-state index in [0.29, 0.717) is 11.3 Å². The second-order valence-corrected chi connectivity index (χ2v) is 6.42. The van der Waals surface area contributed by atoms with Crippen LogP contribution < -0.4 is 10.6 Å². The van der Waals surface area contributed by atoms with Gasteiger partial charge in [0.1, 0.15) is 0 Å². The summed E-state index contributed by atoms with van der Waals surface area (Å²) in [6, 6.07) is 6.44. The summed E-state index contributed by atoms with van der Waals surface area (Å²) in [5, 5.41) is 5.17. The van der Waals surface area contributed by atoms with Crippen LogP contribution in [0.5, 0.6) is 0 Å². The van der Waals surface area contributed by atoms with E-state index in [2.05, 4.69) is 11.6 Å². The molecule has 1 saturated carbocycles. The van der Waals surface area contributed by atoms with Crippen LogP contribution in [-0.2, 0) is 11.3 Å². The highest BCUT2D eigenvalue weighted by Gasteiger charge is 2.41. The Balaban J connectivity index is 1.87. The summed E-state index contributed by atoms with van der Waals surface area (Å²) in [6.07, 6.45) is -0.390. The van der Waals surface area contributed by atoms with E-state index in [0.717, 1.165) is 12.1 Å². The number of thioether (sulfide) groups is 1. The van der Waals surface area contributed by atoms with Gasteiger partial charge in [0, 0.05) is 23.5 Å². The number of hydrogen-bond acceptors (Lipinski definition) is 3. The molecule has 7 heteroatoms. The molecule has 0 unspecified atom stereocenters. The average Bonchev–Trinajstić information content (AvgIpc) is 3.19. The maximum absolute atomic E-state index is 12.2. The molecule has 1 aromatic carbocycles. The third-order valence-electron chi connectivity index (χ3n) is 3.46. The Kier molecular flexibility index (Phi) is 4.83. The number of carbonyl (C=O) groups excluding carboxylic acids is 1. The molecule has 1 fully saturated rings. The molecular formula is C14H17F3N2OS. The Labute approximate surface area is 125 Å². The van der Waals surface area contributed by atoms with Crippen LogP contribution in [0.3, 0.4) is 0 Å². The van der Waals surface area contributed by atoms with Crippen LogP contribution >= 0.6 is 11.8 Å². The van der Waals surface area contributed by atoms with Crippen molar-refractivity contribution in [1.82, 2.24) is 5.32 Å². The summed E-state index contributed by atoms with van der Waals surface area (Å²) in [7, 11) is 0. The molecule has 0 heterocycles. The van der Waals surface area contributed by atoms with Gasteiger partial charge in [0.25, 0.3) is 0 Å². The van der Waals surface area contributed by atoms with Crippen molar-refractivity contribution in [2.45, 2.75) is 30.3 Å². The molecule has 1 aromatic rings. The lowest BCUT2D eigenvalue weighted by atomic mass is 10.2. The third kappa shape index (κ3) is 4.64. The Morgan fingerprint density at radius 2 is 2.10 bits per heavy atom. The number of hydrogen-bond donors (Lipinski definition) is 2. The molecule has 1 aliphatic carbocycles. The zero-order valence-corrected chi connectivity index (χ0v) is 12.4. The minimum atomic E-state index is -4.87. The second kappa shape index (κ2) is 6.27. The van der Waals surface area contributed by atoms with Gasteiger partial charge in [0.15, 0.2) is 0 Å². The molecular weight excluding hydrogens is 301 g/mol. The van der Waals surface area contributed by atoms with Crippen LogP contribution in [0.25, 0.3) is 0 Å². The summed E-state index contributed by atoms with van der Waals surface area (Å²) in [6.45, 7) is 1.45. The predicted octanol–water partition coefficient (Wildman–Crippen LogP) is 3.17. The quantitative estimate of drug-likeness (QED) is 0.846. The number of halogens is 3. The summed E-state index contributed by atoms with van der Waals surface area (Å²) in [5.74, 6) is -1.95. The fourth-order valence-electron chi connectivity index (χ4n) is 1.99. The van der Waals surface area contributed by atoms with Crippen LogP contribution in [0.15, 0.2) is 24.3 Å². The van der Waals surface area contributed by atoms with Gasteiger partial charge in [-0.15, -0.1) is 0 Å². The SMILES string of the molecule is CSC1(CNCc2cccc(NC(=O)C(F)(F)F)c2)CC1. The summed E-state index contributed by atoms with van der Waals surface area (Å²) < 4.78 is 36.9. The van der Waals surface area contributed by atoms with Crippen LogP contribution in [0.1, 0.15) is 18.4 Å². The van der Waals surface area contributed by atoms with Crippen molar-refractivity contribution in [3.05, 3.63) is 29.8 Å². The van der Waals surface area contributed by atoms with Gasteiger partial charge >= 0.3 is 12.1 Å². The maximum atomic E-state index is 12.2. The Hall–Kier alpha value is -1.21. The number of carbonyl (C=O) groups is 1. The smallest absolute Gasteiger partial charge is 0.318 e. The fraction of sp³-hybridized carbons (Fsp3) is 0.500. The van der Waals surface area contributed by atoms with E-state index >= 15 is 0 Å². The molecule has 0 saturated heterocycles. The third-order valence-corrected chi connectivity index (χ3v) is 4.88. The largest absolute Gasteiger partial charge is 0.471 e. The molecule has 1 aliphatic rings. The highest BCUT2D eigenvalue weighted by Crippen LogP contribution is 2.46. The van der Waals surface area contributed by atoms with Crippen LogP contribution in [0.4, 0.5) is 18.9 Å². The van der Waals surface area contributed by atoms with E-state index in [1.54, 1.807) is 12.1 Å². The first-order chi connectivity index (χ1) is 9.85. The van der Waals surface area contributed by atoms with Gasteiger partial charge in [0.2, 0.25) is 0 Å². The normalized spacial score (nSPS) is 16.6. The summed E-state index contributed by atoms with van der Waals surface area (Å²) >= 11 is 1.84. The van der Waals surface area contributed by atoms with E-state index in [1.165, 1.54) is 18.9 Å². The van der Waals surface area contributed by atoms with Gasteiger partial charge in [-0.25, -0.2) is 0 Å². The molecule has 0 radical (unpaired) electrons. The van der Waals surface area contributed by atoms with Gasteiger partial charge in [0.05, 0.1) is 0 Å². The Morgan fingerprint density at radius 1 is 1.38 bits per heavy atom. The standard InChI is InChI=1S/C14H17F3N2OS/c1-21-13(5-6-13)9-18-8-10-3-2-4-11(7-10)19-12(20)14(15,16)17/h2-4,7,18H,5-6,8-9H2,1H3,(H,19,20). The molecule has 3 nitrogen and oxygen atoms in total. The van der Waals surface area contributed by atoms with Crippen LogP contribution in [0, 0.1) is 0 Å². The van der Waals surface area contributed by atoms with Crippen LogP contribution in [0.2, 0.25) is 0 Å². The molecule has 116 valence electrons. The number of rotatable bonds is 6. The van der Waals surface area contributed by atoms with Crippen molar-refractivity contribution in [1.29, 1.82) is 0 Å². The van der Waals surface area contributed by atoms with E-state index in [1.807, 2.05) is 23.1 Å². The Bertz CT molecular complexity index is 515. The van der Waals surface area contributed by atoms with Gasteiger partial charge in [-0.1, -0.05) is 12.1 Å². The van der Waals surface area contributed by atoms with Gasteiger partial charge in [-0.3, -0.25) is 4.79 Å². The van der Waals surface area contributed by atoms with Crippen molar-refractivity contribution >= 4 is 23.4 Å². The zero-order valence-electron chi connectivity index (χ0n) is 11.6. The molecule has 0 aromatic heterocycles. The fourth-order valence-corrected chi connectivity index (χ4v) is 2.74. The summed E-state index contributed by atoms with van der Waals surface area (Å²) in [4.78, 5) is 10.9. The van der Waals surface area contributed by atoms with Crippen molar-refractivity contribution in [2.75, 3.05) is 18.1 Å². The monoisotopic (exact) mass is 318 g/mol. The first kappa shape index (κ1) is 16.2. The lowest BCUT2D eigenvalue weighted by Gasteiger charge is -2.14. The molecule has 0 aliphatic heterocycles. The number of benzene rings is 1. The van der Waals surface area contributed by atoms with E-state index in [-0.39, 0.29) is 5.69 Å². The number of anilines is 1. The van der Waals surface area contributed by atoms with Crippen molar-refractivity contribution in [3.8, 4) is 0 Å². The first-order valence-electron chi connectivity index (χ1n) is 6.58. The lowest BCUT2D eigenvalue weighted by Crippen LogP contribution is -2.30. The highest BCUT2D eigenvalue weighted by atomic mass is 32.2.